The van der Waals surface area contributed by atoms with Crippen LogP contribution in [0.5, 0.6) is 11.5 Å². The minimum absolute atomic E-state index is 0.00826. The number of rotatable bonds is 6. The van der Waals surface area contributed by atoms with Crippen LogP contribution in [0.3, 0.4) is 0 Å². The summed E-state index contributed by atoms with van der Waals surface area (Å²) in [5, 5.41) is 0. The first-order valence-corrected chi connectivity index (χ1v) is 8.02. The lowest BCUT2D eigenvalue weighted by molar-refractivity contribution is -0.0493. The topological polar surface area (TPSA) is 64.6 Å². The monoisotopic (exact) mass is 343 g/mol. The minimum Gasteiger partial charge on any atom is -0.497 e. The third kappa shape index (κ3) is 4.32. The van der Waals surface area contributed by atoms with E-state index in [0.717, 1.165) is 5.56 Å². The summed E-state index contributed by atoms with van der Waals surface area (Å²) in [7, 11) is -2.57. The second kappa shape index (κ2) is 6.82. The van der Waals surface area contributed by atoms with E-state index in [1.807, 2.05) is 6.92 Å². The first-order valence-electron chi connectivity index (χ1n) is 6.54. The van der Waals surface area contributed by atoms with Gasteiger partial charge in [-0.15, -0.1) is 0 Å². The van der Waals surface area contributed by atoms with Gasteiger partial charge in [-0.1, -0.05) is 17.7 Å². The molecule has 0 heterocycles. The summed E-state index contributed by atoms with van der Waals surface area (Å²) in [6.45, 7) is -1.26. The summed E-state index contributed by atoms with van der Waals surface area (Å²) >= 11 is 0. The van der Waals surface area contributed by atoms with Crippen molar-refractivity contribution in [2.24, 2.45) is 0 Å². The normalized spacial score (nSPS) is 11.3. The molecule has 0 aliphatic carbocycles. The van der Waals surface area contributed by atoms with Gasteiger partial charge in [-0.25, -0.2) is 8.42 Å². The summed E-state index contributed by atoms with van der Waals surface area (Å²) in [6.07, 6.45) is 0. The van der Waals surface area contributed by atoms with Gasteiger partial charge in [0.15, 0.2) is 0 Å². The molecule has 0 fully saturated rings. The van der Waals surface area contributed by atoms with Crippen molar-refractivity contribution in [3.05, 3.63) is 48.0 Å². The number of nitrogens with one attached hydrogen (secondary N) is 1. The Bertz CT molecular complexity index is 777. The molecule has 0 saturated heterocycles. The molecule has 5 nitrogen and oxygen atoms in total. The SMILES string of the molecule is COc1ccc(OC(F)F)c(NS(=O)(=O)c2ccc(C)cc2)c1. The fourth-order valence-corrected chi connectivity index (χ4v) is 2.90. The summed E-state index contributed by atoms with van der Waals surface area (Å²) < 4.78 is 61.2. The quantitative estimate of drug-likeness (QED) is 0.873. The molecule has 1 N–H and O–H groups in total. The van der Waals surface area contributed by atoms with Crippen LogP contribution in [-0.2, 0) is 10.0 Å². The Kier molecular flexibility index (Phi) is 5.05. The van der Waals surface area contributed by atoms with Crippen LogP contribution in [-0.4, -0.2) is 22.1 Å². The number of anilines is 1. The number of methoxy groups -OCH3 is 1. The van der Waals surface area contributed by atoms with Gasteiger partial charge in [0.2, 0.25) is 0 Å². The van der Waals surface area contributed by atoms with Gasteiger partial charge in [0.1, 0.15) is 11.5 Å². The van der Waals surface area contributed by atoms with Crippen molar-refractivity contribution >= 4 is 15.7 Å². The van der Waals surface area contributed by atoms with Crippen molar-refractivity contribution in [3.8, 4) is 11.5 Å². The van der Waals surface area contributed by atoms with Crippen molar-refractivity contribution in [1.82, 2.24) is 0 Å². The number of halogens is 2. The fourth-order valence-electron chi connectivity index (χ4n) is 1.84. The Balaban J connectivity index is 2.38. The second-order valence-corrected chi connectivity index (χ2v) is 6.34. The van der Waals surface area contributed by atoms with Crippen molar-refractivity contribution in [2.45, 2.75) is 18.4 Å². The summed E-state index contributed by atoms with van der Waals surface area (Å²) in [4.78, 5) is 0.00826. The molecule has 23 heavy (non-hydrogen) atoms. The molecule has 124 valence electrons. The zero-order chi connectivity index (χ0) is 17.0. The Labute approximate surface area is 132 Å². The maximum absolute atomic E-state index is 12.5. The van der Waals surface area contributed by atoms with Gasteiger partial charge in [0.25, 0.3) is 10.0 Å². The molecule has 0 unspecified atom stereocenters. The van der Waals surface area contributed by atoms with E-state index in [0.29, 0.717) is 5.75 Å². The summed E-state index contributed by atoms with van der Waals surface area (Å²) in [5.74, 6) is 0.00436. The van der Waals surface area contributed by atoms with Crippen LogP contribution in [0.15, 0.2) is 47.4 Å². The number of ether oxygens (including phenoxy) is 2. The van der Waals surface area contributed by atoms with Gasteiger partial charge in [0.05, 0.1) is 17.7 Å². The zero-order valence-corrected chi connectivity index (χ0v) is 13.2. The highest BCUT2D eigenvalue weighted by Gasteiger charge is 2.18. The largest absolute Gasteiger partial charge is 0.497 e. The van der Waals surface area contributed by atoms with E-state index in [-0.39, 0.29) is 16.3 Å². The average molecular weight is 343 g/mol. The molecule has 2 aromatic carbocycles. The molecule has 0 aliphatic heterocycles. The molecule has 0 bridgehead atoms. The lowest BCUT2D eigenvalue weighted by Crippen LogP contribution is -2.14. The van der Waals surface area contributed by atoms with Crippen molar-refractivity contribution < 1.29 is 26.7 Å². The number of hydrogen-bond acceptors (Lipinski definition) is 4. The van der Waals surface area contributed by atoms with Crippen molar-refractivity contribution in [3.63, 3.8) is 0 Å². The van der Waals surface area contributed by atoms with Crippen LogP contribution >= 0.6 is 0 Å². The van der Waals surface area contributed by atoms with Crippen LogP contribution in [0.4, 0.5) is 14.5 Å². The molecule has 0 aromatic heterocycles. The lowest BCUT2D eigenvalue weighted by Gasteiger charge is -2.14. The number of aryl methyl sites for hydroxylation is 1. The maximum atomic E-state index is 12.5. The van der Waals surface area contributed by atoms with Crippen LogP contribution in [0, 0.1) is 6.92 Å². The minimum atomic E-state index is -3.94. The number of benzene rings is 2. The number of hydrogen-bond donors (Lipinski definition) is 1. The molecule has 0 saturated carbocycles. The molecule has 0 atom stereocenters. The average Bonchev–Trinajstić information content (AvgIpc) is 2.48. The summed E-state index contributed by atoms with van der Waals surface area (Å²) in [5.41, 5.74) is 0.761. The molecular formula is C15H15F2NO4S. The first-order chi connectivity index (χ1) is 10.8. The third-order valence-corrected chi connectivity index (χ3v) is 4.36. The van der Waals surface area contributed by atoms with E-state index in [9.17, 15) is 17.2 Å². The molecule has 8 heteroatoms. The van der Waals surface area contributed by atoms with Gasteiger partial charge >= 0.3 is 6.61 Å². The number of alkyl halides is 2. The third-order valence-electron chi connectivity index (χ3n) is 2.98. The van der Waals surface area contributed by atoms with E-state index in [4.69, 9.17) is 4.74 Å². The second-order valence-electron chi connectivity index (χ2n) is 4.66. The molecule has 2 aromatic rings. The first kappa shape index (κ1) is 17.0. The predicted molar refractivity (Wildman–Crippen MR) is 81.6 cm³/mol. The molecule has 0 radical (unpaired) electrons. The molecule has 0 amide bonds. The molecule has 0 spiro atoms. The van der Waals surface area contributed by atoms with Crippen molar-refractivity contribution in [1.29, 1.82) is 0 Å². The Morgan fingerprint density at radius 2 is 1.74 bits per heavy atom. The lowest BCUT2D eigenvalue weighted by atomic mass is 10.2. The van der Waals surface area contributed by atoms with Crippen LogP contribution in [0.25, 0.3) is 0 Å². The maximum Gasteiger partial charge on any atom is 0.387 e. The Hall–Kier alpha value is -2.35. The molecule has 0 aliphatic rings. The molecular weight excluding hydrogens is 328 g/mol. The fraction of sp³-hybridized carbons (Fsp3) is 0.200. The highest BCUT2D eigenvalue weighted by molar-refractivity contribution is 7.92. The predicted octanol–water partition coefficient (Wildman–Crippen LogP) is 3.41. The van der Waals surface area contributed by atoms with Gasteiger partial charge in [-0.2, -0.15) is 8.78 Å². The van der Waals surface area contributed by atoms with E-state index in [2.05, 4.69) is 9.46 Å². The zero-order valence-electron chi connectivity index (χ0n) is 12.4. The Morgan fingerprint density at radius 3 is 2.30 bits per heavy atom. The van der Waals surface area contributed by atoms with Gasteiger partial charge < -0.3 is 9.47 Å². The van der Waals surface area contributed by atoms with Gasteiger partial charge in [-0.3, -0.25) is 4.72 Å². The van der Waals surface area contributed by atoms with Crippen LogP contribution < -0.4 is 14.2 Å². The van der Waals surface area contributed by atoms with Crippen LogP contribution in [0.1, 0.15) is 5.56 Å². The highest BCUT2D eigenvalue weighted by atomic mass is 32.2. The Morgan fingerprint density at radius 1 is 1.09 bits per heavy atom. The summed E-state index contributed by atoms with van der Waals surface area (Å²) in [6, 6.07) is 9.98. The van der Waals surface area contributed by atoms with Gasteiger partial charge in [-0.05, 0) is 31.2 Å². The highest BCUT2D eigenvalue weighted by Crippen LogP contribution is 2.32. The van der Waals surface area contributed by atoms with Crippen LogP contribution in [0.2, 0.25) is 0 Å². The standard InChI is InChI=1S/C15H15F2NO4S/c1-10-3-6-12(7-4-10)23(19,20)18-13-9-11(21-2)5-8-14(13)22-15(16)17/h3-9,15,18H,1-2H3. The smallest absolute Gasteiger partial charge is 0.387 e. The van der Waals surface area contributed by atoms with E-state index in [1.54, 1.807) is 12.1 Å². The van der Waals surface area contributed by atoms with E-state index >= 15 is 0 Å². The number of sulfonamides is 1. The van der Waals surface area contributed by atoms with Crippen molar-refractivity contribution in [2.75, 3.05) is 11.8 Å². The molecule has 2 rings (SSSR count). The van der Waals surface area contributed by atoms with Gasteiger partial charge in [0, 0.05) is 6.07 Å². The van der Waals surface area contributed by atoms with E-state index < -0.39 is 16.6 Å². The van der Waals surface area contributed by atoms with E-state index in [1.165, 1.54) is 37.4 Å².